The van der Waals surface area contributed by atoms with Gasteiger partial charge in [0.25, 0.3) is 0 Å². The maximum atomic E-state index is 12.9. The SMILES string of the molecule is O=C(C1CCCCC1)N1CCCC(c2nc(CCOc3ccc(F)cc3)no2)C1. The topological polar surface area (TPSA) is 68.5 Å². The Morgan fingerprint density at radius 2 is 1.93 bits per heavy atom. The highest BCUT2D eigenvalue weighted by Gasteiger charge is 2.32. The first-order valence-electron chi connectivity index (χ1n) is 10.7. The number of hydrogen-bond acceptors (Lipinski definition) is 5. The van der Waals surface area contributed by atoms with Crippen molar-refractivity contribution in [1.82, 2.24) is 15.0 Å². The lowest BCUT2D eigenvalue weighted by Crippen LogP contribution is -2.42. The summed E-state index contributed by atoms with van der Waals surface area (Å²) in [5.41, 5.74) is 0. The molecule has 1 saturated carbocycles. The summed E-state index contributed by atoms with van der Waals surface area (Å²) in [5.74, 6) is 2.14. The Labute approximate surface area is 170 Å². The predicted octanol–water partition coefficient (Wildman–Crippen LogP) is 4.12. The second-order valence-corrected chi connectivity index (χ2v) is 8.06. The third-order valence-corrected chi connectivity index (χ3v) is 5.93. The zero-order chi connectivity index (χ0) is 20.1. The summed E-state index contributed by atoms with van der Waals surface area (Å²) >= 11 is 0. The smallest absolute Gasteiger partial charge is 0.231 e. The van der Waals surface area contributed by atoms with Crippen LogP contribution in [-0.4, -0.2) is 40.6 Å². The summed E-state index contributed by atoms with van der Waals surface area (Å²) in [7, 11) is 0. The van der Waals surface area contributed by atoms with Gasteiger partial charge >= 0.3 is 0 Å². The summed E-state index contributed by atoms with van der Waals surface area (Å²) in [4.78, 5) is 19.4. The lowest BCUT2D eigenvalue weighted by atomic mass is 9.87. The molecule has 1 amide bonds. The van der Waals surface area contributed by atoms with E-state index >= 15 is 0 Å². The number of aromatic nitrogens is 2. The van der Waals surface area contributed by atoms with E-state index in [2.05, 4.69) is 10.1 Å². The van der Waals surface area contributed by atoms with Crippen molar-refractivity contribution < 1.29 is 18.4 Å². The molecule has 6 nitrogen and oxygen atoms in total. The average molecular weight is 401 g/mol. The highest BCUT2D eigenvalue weighted by atomic mass is 19.1. The summed E-state index contributed by atoms with van der Waals surface area (Å²) in [6, 6.07) is 5.92. The fraction of sp³-hybridized carbons (Fsp3) is 0.591. The Balaban J connectivity index is 1.29. The van der Waals surface area contributed by atoms with E-state index in [1.807, 2.05) is 4.90 Å². The van der Waals surface area contributed by atoms with Crippen molar-refractivity contribution in [3.8, 4) is 5.75 Å². The van der Waals surface area contributed by atoms with Crippen molar-refractivity contribution in [2.24, 2.45) is 5.92 Å². The van der Waals surface area contributed by atoms with Crippen molar-refractivity contribution in [2.45, 2.75) is 57.3 Å². The number of carbonyl (C=O) groups excluding carboxylic acids is 1. The van der Waals surface area contributed by atoms with Gasteiger partial charge in [0.1, 0.15) is 11.6 Å². The van der Waals surface area contributed by atoms with Gasteiger partial charge in [-0.2, -0.15) is 4.98 Å². The largest absolute Gasteiger partial charge is 0.493 e. The monoisotopic (exact) mass is 401 g/mol. The van der Waals surface area contributed by atoms with Gasteiger partial charge in [0.05, 0.1) is 12.5 Å². The van der Waals surface area contributed by atoms with Gasteiger partial charge in [-0.25, -0.2) is 4.39 Å². The molecule has 156 valence electrons. The zero-order valence-corrected chi connectivity index (χ0v) is 16.7. The maximum absolute atomic E-state index is 12.9. The van der Waals surface area contributed by atoms with Crippen LogP contribution in [-0.2, 0) is 11.2 Å². The number of nitrogens with zero attached hydrogens (tertiary/aromatic N) is 3. The van der Waals surface area contributed by atoms with E-state index in [0.29, 0.717) is 42.9 Å². The Morgan fingerprint density at radius 3 is 2.72 bits per heavy atom. The highest BCUT2D eigenvalue weighted by Crippen LogP contribution is 2.30. The minimum Gasteiger partial charge on any atom is -0.493 e. The first kappa shape index (κ1) is 19.9. The van der Waals surface area contributed by atoms with Gasteiger partial charge in [-0.1, -0.05) is 24.4 Å². The molecule has 0 spiro atoms. The van der Waals surface area contributed by atoms with Gasteiger partial charge in [0.15, 0.2) is 5.82 Å². The van der Waals surface area contributed by atoms with Crippen LogP contribution < -0.4 is 4.74 Å². The molecular weight excluding hydrogens is 373 g/mol. The van der Waals surface area contributed by atoms with E-state index < -0.39 is 0 Å². The number of amides is 1. The predicted molar refractivity (Wildman–Crippen MR) is 105 cm³/mol. The second kappa shape index (κ2) is 9.37. The number of halogens is 1. The first-order valence-corrected chi connectivity index (χ1v) is 10.7. The fourth-order valence-corrected chi connectivity index (χ4v) is 4.31. The van der Waals surface area contributed by atoms with E-state index in [4.69, 9.17) is 9.26 Å². The minimum atomic E-state index is -0.288. The van der Waals surface area contributed by atoms with Crippen molar-refractivity contribution >= 4 is 5.91 Å². The third kappa shape index (κ3) is 5.14. The summed E-state index contributed by atoms with van der Waals surface area (Å²) < 4.78 is 24.0. The van der Waals surface area contributed by atoms with Crippen LogP contribution in [0.5, 0.6) is 5.75 Å². The van der Waals surface area contributed by atoms with Crippen molar-refractivity contribution in [2.75, 3.05) is 19.7 Å². The molecule has 2 aliphatic rings. The average Bonchev–Trinajstić information content (AvgIpc) is 3.24. The summed E-state index contributed by atoms with van der Waals surface area (Å²) in [6.45, 7) is 1.89. The standard InChI is InChI=1S/C22H28FN3O3/c23-18-8-10-19(11-9-18)28-14-12-20-24-21(29-25-20)17-7-4-13-26(15-17)22(27)16-5-2-1-3-6-16/h8-11,16-17H,1-7,12-15H2. The molecule has 0 radical (unpaired) electrons. The molecule has 1 unspecified atom stereocenters. The van der Waals surface area contributed by atoms with Crippen LogP contribution in [0, 0.1) is 11.7 Å². The number of hydrogen-bond donors (Lipinski definition) is 0. The molecular formula is C22H28FN3O3. The van der Waals surface area contributed by atoms with Crippen molar-refractivity contribution in [3.05, 3.63) is 41.8 Å². The number of benzene rings is 1. The van der Waals surface area contributed by atoms with E-state index in [1.54, 1.807) is 12.1 Å². The van der Waals surface area contributed by atoms with Crippen LogP contribution >= 0.6 is 0 Å². The Kier molecular flexibility index (Phi) is 6.42. The number of piperidine rings is 1. The lowest BCUT2D eigenvalue weighted by molar-refractivity contribution is -0.137. The molecule has 2 aromatic rings. The summed E-state index contributed by atoms with van der Waals surface area (Å²) in [5, 5.41) is 4.07. The molecule has 1 saturated heterocycles. The van der Waals surface area contributed by atoms with E-state index in [-0.39, 0.29) is 17.7 Å². The lowest BCUT2D eigenvalue weighted by Gasteiger charge is -2.34. The van der Waals surface area contributed by atoms with Gasteiger partial charge in [-0.15, -0.1) is 0 Å². The van der Waals surface area contributed by atoms with Gasteiger partial charge in [-0.05, 0) is 49.9 Å². The van der Waals surface area contributed by atoms with Gasteiger partial charge < -0.3 is 14.2 Å². The Bertz CT molecular complexity index is 802. The molecule has 1 atom stereocenters. The van der Waals surface area contributed by atoms with Gasteiger partial charge in [-0.3, -0.25) is 4.79 Å². The zero-order valence-electron chi connectivity index (χ0n) is 16.7. The fourth-order valence-electron chi connectivity index (χ4n) is 4.31. The van der Waals surface area contributed by atoms with Crippen LogP contribution in [0.15, 0.2) is 28.8 Å². The molecule has 0 bridgehead atoms. The molecule has 1 aliphatic heterocycles. The molecule has 2 heterocycles. The van der Waals surface area contributed by atoms with E-state index in [1.165, 1.54) is 31.4 Å². The van der Waals surface area contributed by atoms with Crippen molar-refractivity contribution in [3.63, 3.8) is 0 Å². The second-order valence-electron chi connectivity index (χ2n) is 8.06. The highest BCUT2D eigenvalue weighted by molar-refractivity contribution is 5.79. The molecule has 1 aromatic carbocycles. The Morgan fingerprint density at radius 1 is 1.14 bits per heavy atom. The molecule has 7 heteroatoms. The number of ether oxygens (including phenoxy) is 1. The van der Waals surface area contributed by atoms with E-state index in [0.717, 1.165) is 32.2 Å². The maximum Gasteiger partial charge on any atom is 0.231 e. The third-order valence-electron chi connectivity index (χ3n) is 5.93. The van der Waals surface area contributed by atoms with Crippen LogP contribution in [0.4, 0.5) is 4.39 Å². The Hall–Kier alpha value is -2.44. The molecule has 29 heavy (non-hydrogen) atoms. The molecule has 4 rings (SSSR count). The molecule has 1 aliphatic carbocycles. The van der Waals surface area contributed by atoms with Crippen LogP contribution in [0.1, 0.15) is 62.6 Å². The quantitative estimate of drug-likeness (QED) is 0.728. The normalized spacial score (nSPS) is 20.6. The molecule has 2 fully saturated rings. The first-order chi connectivity index (χ1) is 14.2. The van der Waals surface area contributed by atoms with Crippen LogP contribution in [0.3, 0.4) is 0 Å². The van der Waals surface area contributed by atoms with E-state index in [9.17, 15) is 9.18 Å². The molecule has 1 aromatic heterocycles. The number of rotatable bonds is 6. The van der Waals surface area contributed by atoms with Gasteiger partial charge in [0, 0.05) is 25.4 Å². The summed E-state index contributed by atoms with van der Waals surface area (Å²) in [6.07, 6.45) is 8.08. The van der Waals surface area contributed by atoms with Crippen LogP contribution in [0.25, 0.3) is 0 Å². The van der Waals surface area contributed by atoms with Crippen molar-refractivity contribution in [1.29, 1.82) is 0 Å². The van der Waals surface area contributed by atoms with Gasteiger partial charge in [0.2, 0.25) is 11.8 Å². The molecule has 0 N–H and O–H groups in total. The number of likely N-dealkylation sites (tertiary alicyclic amines) is 1. The minimum absolute atomic E-state index is 0.107. The van der Waals surface area contributed by atoms with Crippen LogP contribution in [0.2, 0.25) is 0 Å². The number of carbonyl (C=O) groups is 1.